The normalized spacial score (nSPS) is 15.9. The SMILES string of the molecule is C=CC(=O)Nc1cc(Nc2ncnc(N3CC(C)(C)c4nc(C)ccc43)n2)c(OC)cc1N1CCCC1. The van der Waals surface area contributed by atoms with Crippen LogP contribution in [0.5, 0.6) is 5.75 Å². The number of aryl methyl sites for hydroxylation is 1. The number of amides is 1. The van der Waals surface area contributed by atoms with Gasteiger partial charge in [-0.25, -0.2) is 9.97 Å². The Labute approximate surface area is 216 Å². The summed E-state index contributed by atoms with van der Waals surface area (Å²) in [5.41, 5.74) is 5.07. The van der Waals surface area contributed by atoms with Crippen molar-refractivity contribution in [3.05, 3.63) is 54.6 Å². The standard InChI is InChI=1S/C27H32N8O2/c1-6-23(36)31-18-13-19(22(37-5)14-21(18)34-11-7-8-12-34)32-25-28-16-29-26(33-25)35-15-27(3,4)24-20(35)10-9-17(2)30-24/h6,9-10,13-14,16H,1,7-8,11-12,15H2,2-5H3,(H,31,36)(H,28,29,32,33). The molecule has 37 heavy (non-hydrogen) atoms. The van der Waals surface area contributed by atoms with Gasteiger partial charge in [-0.05, 0) is 44.0 Å². The molecule has 0 unspecified atom stereocenters. The summed E-state index contributed by atoms with van der Waals surface area (Å²) >= 11 is 0. The van der Waals surface area contributed by atoms with Crippen LogP contribution in [0, 0.1) is 6.92 Å². The first-order chi connectivity index (χ1) is 17.8. The van der Waals surface area contributed by atoms with Crippen LogP contribution >= 0.6 is 0 Å². The number of ether oxygens (including phenoxy) is 1. The highest BCUT2D eigenvalue weighted by Gasteiger charge is 2.38. The van der Waals surface area contributed by atoms with Crippen LogP contribution in [0.2, 0.25) is 0 Å². The first kappa shape index (κ1) is 24.5. The Balaban J connectivity index is 1.49. The molecule has 0 spiro atoms. The third-order valence-corrected chi connectivity index (χ3v) is 6.75. The third-order valence-electron chi connectivity index (χ3n) is 6.75. The topological polar surface area (TPSA) is 108 Å². The van der Waals surface area contributed by atoms with Crippen LogP contribution in [0.1, 0.15) is 38.1 Å². The molecule has 0 atom stereocenters. The second kappa shape index (κ2) is 9.68. The number of rotatable bonds is 7. The van der Waals surface area contributed by atoms with Crippen LogP contribution in [0.15, 0.2) is 43.2 Å². The maximum atomic E-state index is 12.2. The maximum Gasteiger partial charge on any atom is 0.247 e. The lowest BCUT2D eigenvalue weighted by atomic mass is 9.91. The second-order valence-corrected chi connectivity index (χ2v) is 9.98. The molecule has 1 amide bonds. The summed E-state index contributed by atoms with van der Waals surface area (Å²) in [5, 5.41) is 6.20. The summed E-state index contributed by atoms with van der Waals surface area (Å²) in [4.78, 5) is 34.8. The number of hydrogen-bond acceptors (Lipinski definition) is 9. The lowest BCUT2D eigenvalue weighted by Crippen LogP contribution is -2.26. The Bertz CT molecular complexity index is 1350. The van der Waals surface area contributed by atoms with Crippen molar-refractivity contribution in [2.45, 2.75) is 39.0 Å². The number of nitrogens with one attached hydrogen (secondary N) is 2. The van der Waals surface area contributed by atoms with Crippen LogP contribution < -0.4 is 25.2 Å². The Morgan fingerprint density at radius 3 is 2.62 bits per heavy atom. The molecule has 1 aromatic carbocycles. The average molecular weight is 501 g/mol. The quantitative estimate of drug-likeness (QED) is 0.454. The van der Waals surface area contributed by atoms with E-state index in [0.717, 1.165) is 48.7 Å². The molecule has 2 aliphatic rings. The van der Waals surface area contributed by atoms with E-state index >= 15 is 0 Å². The molecular weight excluding hydrogens is 468 g/mol. The van der Waals surface area contributed by atoms with Gasteiger partial charge in [-0.1, -0.05) is 20.4 Å². The molecule has 0 radical (unpaired) electrons. The van der Waals surface area contributed by atoms with Gasteiger partial charge < -0.3 is 25.2 Å². The van der Waals surface area contributed by atoms with E-state index < -0.39 is 0 Å². The van der Waals surface area contributed by atoms with Crippen molar-refractivity contribution in [3.63, 3.8) is 0 Å². The van der Waals surface area contributed by atoms with Gasteiger partial charge in [0, 0.05) is 36.8 Å². The Hall–Kier alpha value is -4.21. The Kier molecular flexibility index (Phi) is 6.41. The highest BCUT2D eigenvalue weighted by molar-refractivity contribution is 6.02. The number of fused-ring (bicyclic) bond motifs is 1. The van der Waals surface area contributed by atoms with Gasteiger partial charge in [-0.2, -0.15) is 4.98 Å². The largest absolute Gasteiger partial charge is 0.494 e. The lowest BCUT2D eigenvalue weighted by molar-refractivity contribution is -0.111. The van der Waals surface area contributed by atoms with E-state index in [4.69, 9.17) is 14.7 Å². The molecule has 192 valence electrons. The van der Waals surface area contributed by atoms with Gasteiger partial charge in [-0.15, -0.1) is 0 Å². The molecule has 10 nitrogen and oxygen atoms in total. The first-order valence-electron chi connectivity index (χ1n) is 12.4. The van der Waals surface area contributed by atoms with Crippen molar-refractivity contribution in [1.29, 1.82) is 0 Å². The summed E-state index contributed by atoms with van der Waals surface area (Å²) in [5.74, 6) is 1.23. The van der Waals surface area contributed by atoms with E-state index in [1.165, 1.54) is 12.4 Å². The molecule has 0 bridgehead atoms. The van der Waals surface area contributed by atoms with E-state index in [1.807, 2.05) is 25.1 Å². The van der Waals surface area contributed by atoms with E-state index in [1.54, 1.807) is 7.11 Å². The number of hydrogen-bond donors (Lipinski definition) is 2. The molecule has 10 heteroatoms. The average Bonchev–Trinajstić information content (AvgIpc) is 3.51. The fourth-order valence-corrected chi connectivity index (χ4v) is 4.94. The molecule has 4 heterocycles. The predicted molar refractivity (Wildman–Crippen MR) is 145 cm³/mol. The molecule has 2 aromatic heterocycles. The zero-order chi connectivity index (χ0) is 26.2. The summed E-state index contributed by atoms with van der Waals surface area (Å²) in [7, 11) is 1.62. The van der Waals surface area contributed by atoms with Crippen LogP contribution in [0.25, 0.3) is 0 Å². The number of aromatic nitrogens is 4. The van der Waals surface area contributed by atoms with Crippen LogP contribution in [0.4, 0.5) is 34.6 Å². The highest BCUT2D eigenvalue weighted by Crippen LogP contribution is 2.43. The number of carbonyl (C=O) groups is 1. The molecular formula is C27H32N8O2. The van der Waals surface area contributed by atoms with Crippen LogP contribution in [-0.4, -0.2) is 52.6 Å². The Morgan fingerprint density at radius 2 is 1.89 bits per heavy atom. The predicted octanol–water partition coefficient (Wildman–Crippen LogP) is 4.48. The maximum absolute atomic E-state index is 12.2. The van der Waals surface area contributed by atoms with E-state index in [-0.39, 0.29) is 11.3 Å². The minimum atomic E-state index is -0.279. The van der Waals surface area contributed by atoms with Crippen molar-refractivity contribution in [2.75, 3.05) is 47.2 Å². The lowest BCUT2D eigenvalue weighted by Gasteiger charge is -2.24. The van der Waals surface area contributed by atoms with Gasteiger partial charge in [0.05, 0.1) is 35.6 Å². The zero-order valence-electron chi connectivity index (χ0n) is 21.7. The third kappa shape index (κ3) is 4.78. The minimum Gasteiger partial charge on any atom is -0.494 e. The summed E-state index contributed by atoms with van der Waals surface area (Å²) in [6.07, 6.45) is 4.96. The van der Waals surface area contributed by atoms with Crippen LogP contribution in [0.3, 0.4) is 0 Å². The van der Waals surface area contributed by atoms with Gasteiger partial charge in [0.2, 0.25) is 17.8 Å². The number of anilines is 6. The number of methoxy groups -OCH3 is 1. The molecule has 0 aliphatic carbocycles. The number of benzene rings is 1. The van der Waals surface area contributed by atoms with E-state index in [2.05, 4.69) is 56.9 Å². The van der Waals surface area contributed by atoms with Gasteiger partial charge in [0.1, 0.15) is 12.1 Å². The van der Waals surface area contributed by atoms with Gasteiger partial charge in [0.25, 0.3) is 0 Å². The first-order valence-corrected chi connectivity index (χ1v) is 12.4. The van der Waals surface area contributed by atoms with Gasteiger partial charge in [-0.3, -0.25) is 9.78 Å². The second-order valence-electron chi connectivity index (χ2n) is 9.98. The van der Waals surface area contributed by atoms with Crippen molar-refractivity contribution < 1.29 is 9.53 Å². The highest BCUT2D eigenvalue weighted by atomic mass is 16.5. The number of nitrogens with zero attached hydrogens (tertiary/aromatic N) is 6. The van der Waals surface area contributed by atoms with Gasteiger partial charge in [0.15, 0.2) is 0 Å². The van der Waals surface area contributed by atoms with Crippen molar-refractivity contribution >= 4 is 40.6 Å². The van der Waals surface area contributed by atoms with Crippen molar-refractivity contribution in [1.82, 2.24) is 19.9 Å². The minimum absolute atomic E-state index is 0.144. The van der Waals surface area contributed by atoms with E-state index in [9.17, 15) is 4.79 Å². The van der Waals surface area contributed by atoms with E-state index in [0.29, 0.717) is 35.6 Å². The van der Waals surface area contributed by atoms with Crippen molar-refractivity contribution in [3.8, 4) is 5.75 Å². The number of pyridine rings is 1. The zero-order valence-corrected chi connectivity index (χ0v) is 21.7. The molecule has 3 aromatic rings. The smallest absolute Gasteiger partial charge is 0.247 e. The summed E-state index contributed by atoms with van der Waals surface area (Å²) in [6.45, 7) is 12.5. The van der Waals surface area contributed by atoms with Gasteiger partial charge >= 0.3 is 0 Å². The molecule has 0 saturated carbocycles. The summed E-state index contributed by atoms with van der Waals surface area (Å²) in [6, 6.07) is 7.84. The Morgan fingerprint density at radius 1 is 1.11 bits per heavy atom. The summed E-state index contributed by atoms with van der Waals surface area (Å²) < 4.78 is 5.71. The molecule has 2 aliphatic heterocycles. The van der Waals surface area contributed by atoms with Crippen molar-refractivity contribution in [2.24, 2.45) is 0 Å². The fourth-order valence-electron chi connectivity index (χ4n) is 4.94. The van der Waals surface area contributed by atoms with Crippen LogP contribution in [-0.2, 0) is 10.2 Å². The molecule has 1 saturated heterocycles. The number of carbonyl (C=O) groups excluding carboxylic acids is 1. The molecule has 1 fully saturated rings. The fraction of sp³-hybridized carbons (Fsp3) is 0.370. The molecule has 2 N–H and O–H groups in total. The molecule has 5 rings (SSSR count). The monoisotopic (exact) mass is 500 g/mol.